The van der Waals surface area contributed by atoms with Crippen molar-refractivity contribution in [2.45, 2.75) is 20.4 Å². The number of ether oxygens (including phenoxy) is 1. The minimum absolute atomic E-state index is 0.0139. The number of methoxy groups -OCH3 is 1. The first-order valence-electron chi connectivity index (χ1n) is 7.80. The van der Waals surface area contributed by atoms with E-state index in [2.05, 4.69) is 24.4 Å². The fraction of sp³-hybridized carbons (Fsp3) is 0.316. The van der Waals surface area contributed by atoms with Gasteiger partial charge in [0.2, 0.25) is 0 Å². The Morgan fingerprint density at radius 1 is 1.17 bits per heavy atom. The molecule has 0 bridgehead atoms. The predicted molar refractivity (Wildman–Crippen MR) is 93.0 cm³/mol. The zero-order chi connectivity index (χ0) is 16.8. The summed E-state index contributed by atoms with van der Waals surface area (Å²) < 4.78 is 5.30. The molecule has 23 heavy (non-hydrogen) atoms. The highest BCUT2D eigenvalue weighted by molar-refractivity contribution is 5.93. The van der Waals surface area contributed by atoms with E-state index in [4.69, 9.17) is 4.74 Å². The van der Waals surface area contributed by atoms with E-state index in [1.807, 2.05) is 44.3 Å². The summed E-state index contributed by atoms with van der Waals surface area (Å²) in [5, 5.41) is 2.95. The largest absolute Gasteiger partial charge is 0.495 e. The number of anilines is 1. The van der Waals surface area contributed by atoms with Crippen LogP contribution < -0.4 is 15.0 Å². The van der Waals surface area contributed by atoms with E-state index in [0.29, 0.717) is 12.3 Å². The van der Waals surface area contributed by atoms with E-state index < -0.39 is 0 Å². The monoisotopic (exact) mass is 313 g/mol. The van der Waals surface area contributed by atoms with Gasteiger partial charge in [0.15, 0.2) is 6.54 Å². The molecule has 2 N–H and O–H groups in total. The predicted octanol–water partition coefficient (Wildman–Crippen LogP) is 1.97. The molecule has 0 aromatic heterocycles. The van der Waals surface area contributed by atoms with Crippen molar-refractivity contribution < 1.29 is 14.4 Å². The molecule has 2 rings (SSSR count). The number of carbonyl (C=O) groups is 1. The second kappa shape index (κ2) is 7.79. The molecule has 1 amide bonds. The number of nitrogens with one attached hydrogen (secondary N) is 2. The van der Waals surface area contributed by atoms with E-state index in [1.165, 1.54) is 11.1 Å². The van der Waals surface area contributed by atoms with Crippen LogP contribution >= 0.6 is 0 Å². The van der Waals surface area contributed by atoms with Crippen molar-refractivity contribution >= 4 is 11.6 Å². The van der Waals surface area contributed by atoms with Crippen molar-refractivity contribution in [3.05, 3.63) is 59.2 Å². The van der Waals surface area contributed by atoms with Crippen LogP contribution in [-0.2, 0) is 11.3 Å². The van der Waals surface area contributed by atoms with Gasteiger partial charge in [-0.1, -0.05) is 30.3 Å². The first-order chi connectivity index (χ1) is 11.0. The SMILES string of the molecule is COc1ccc(C)cc1NC(=O)C[NH+](C)Cc1ccccc1C. The first-order valence-corrected chi connectivity index (χ1v) is 7.80. The quantitative estimate of drug-likeness (QED) is 0.856. The van der Waals surface area contributed by atoms with E-state index in [-0.39, 0.29) is 5.91 Å². The van der Waals surface area contributed by atoms with Crippen molar-refractivity contribution in [2.75, 3.05) is 26.0 Å². The molecule has 0 saturated carbocycles. The molecule has 2 aromatic carbocycles. The standard InChI is InChI=1S/C19H24N2O2/c1-14-9-10-18(23-4)17(11-14)20-19(22)13-21(3)12-16-8-6-5-7-15(16)2/h5-11H,12-13H2,1-4H3,(H,20,22)/p+1. The van der Waals surface area contributed by atoms with Crippen molar-refractivity contribution in [3.63, 3.8) is 0 Å². The van der Waals surface area contributed by atoms with Gasteiger partial charge >= 0.3 is 0 Å². The van der Waals surface area contributed by atoms with E-state index in [9.17, 15) is 4.79 Å². The van der Waals surface area contributed by atoms with Gasteiger partial charge in [-0.25, -0.2) is 0 Å². The maximum absolute atomic E-state index is 12.3. The van der Waals surface area contributed by atoms with E-state index >= 15 is 0 Å². The van der Waals surface area contributed by atoms with Crippen LogP contribution in [0.4, 0.5) is 5.69 Å². The van der Waals surface area contributed by atoms with Gasteiger partial charge in [0, 0.05) is 5.56 Å². The van der Waals surface area contributed by atoms with Crippen LogP contribution in [0.25, 0.3) is 0 Å². The van der Waals surface area contributed by atoms with Gasteiger partial charge in [0.05, 0.1) is 19.8 Å². The molecule has 0 aliphatic rings. The Balaban J connectivity index is 1.97. The van der Waals surface area contributed by atoms with Crippen LogP contribution in [0, 0.1) is 13.8 Å². The summed E-state index contributed by atoms with van der Waals surface area (Å²) in [6, 6.07) is 14.0. The van der Waals surface area contributed by atoms with Crippen LogP contribution in [0.5, 0.6) is 5.75 Å². The van der Waals surface area contributed by atoms with Gasteiger partial charge in [-0.05, 0) is 37.1 Å². The number of hydrogen-bond acceptors (Lipinski definition) is 2. The topological polar surface area (TPSA) is 42.8 Å². The van der Waals surface area contributed by atoms with Crippen LogP contribution in [0.3, 0.4) is 0 Å². The van der Waals surface area contributed by atoms with Crippen LogP contribution in [0.1, 0.15) is 16.7 Å². The summed E-state index contributed by atoms with van der Waals surface area (Å²) in [4.78, 5) is 13.4. The minimum Gasteiger partial charge on any atom is -0.495 e. The lowest BCUT2D eigenvalue weighted by Crippen LogP contribution is -3.08. The zero-order valence-electron chi connectivity index (χ0n) is 14.3. The lowest BCUT2D eigenvalue weighted by molar-refractivity contribution is -0.885. The molecule has 4 heteroatoms. The summed E-state index contributed by atoms with van der Waals surface area (Å²) in [6.07, 6.45) is 0. The number of rotatable bonds is 6. The summed E-state index contributed by atoms with van der Waals surface area (Å²) in [6.45, 7) is 5.32. The average molecular weight is 313 g/mol. The van der Waals surface area contributed by atoms with Crippen LogP contribution in [0.15, 0.2) is 42.5 Å². The highest BCUT2D eigenvalue weighted by atomic mass is 16.5. The number of aryl methyl sites for hydroxylation is 2. The number of hydrogen-bond donors (Lipinski definition) is 2. The molecule has 0 saturated heterocycles. The smallest absolute Gasteiger partial charge is 0.279 e. The number of carbonyl (C=O) groups excluding carboxylic acids is 1. The number of likely N-dealkylation sites (N-methyl/N-ethyl adjacent to an activating group) is 1. The Bertz CT molecular complexity index is 683. The normalized spacial score (nSPS) is 11.8. The summed E-state index contributed by atoms with van der Waals surface area (Å²) >= 11 is 0. The highest BCUT2D eigenvalue weighted by Gasteiger charge is 2.13. The van der Waals surface area contributed by atoms with Gasteiger partial charge in [-0.2, -0.15) is 0 Å². The van der Waals surface area contributed by atoms with Crippen molar-refractivity contribution in [1.82, 2.24) is 0 Å². The molecule has 0 fully saturated rings. The molecular formula is C19H25N2O2+. The van der Waals surface area contributed by atoms with E-state index in [1.54, 1.807) is 7.11 Å². The maximum atomic E-state index is 12.3. The Kier molecular flexibility index (Phi) is 5.77. The van der Waals surface area contributed by atoms with Gasteiger partial charge in [0.1, 0.15) is 12.3 Å². The summed E-state index contributed by atoms with van der Waals surface area (Å²) in [5.41, 5.74) is 4.33. The minimum atomic E-state index is -0.0139. The summed E-state index contributed by atoms with van der Waals surface area (Å²) in [5.74, 6) is 0.667. The molecule has 0 radical (unpaired) electrons. The third kappa shape index (κ3) is 4.83. The van der Waals surface area contributed by atoms with Crippen molar-refractivity contribution in [1.29, 1.82) is 0 Å². The number of quaternary nitrogens is 1. The third-order valence-corrected chi connectivity index (χ3v) is 3.84. The number of benzene rings is 2. The zero-order valence-corrected chi connectivity index (χ0v) is 14.3. The molecule has 1 atom stereocenters. The number of amides is 1. The average Bonchev–Trinajstić information content (AvgIpc) is 2.49. The fourth-order valence-corrected chi connectivity index (χ4v) is 2.58. The van der Waals surface area contributed by atoms with Crippen molar-refractivity contribution in [2.24, 2.45) is 0 Å². The molecule has 0 spiro atoms. The highest BCUT2D eigenvalue weighted by Crippen LogP contribution is 2.24. The van der Waals surface area contributed by atoms with Gasteiger partial charge in [-0.15, -0.1) is 0 Å². The van der Waals surface area contributed by atoms with Gasteiger partial charge < -0.3 is 15.0 Å². The van der Waals surface area contributed by atoms with E-state index in [0.717, 1.165) is 22.7 Å². The summed E-state index contributed by atoms with van der Waals surface area (Å²) in [7, 11) is 3.63. The van der Waals surface area contributed by atoms with Crippen LogP contribution in [0.2, 0.25) is 0 Å². The Morgan fingerprint density at radius 3 is 2.61 bits per heavy atom. The third-order valence-electron chi connectivity index (χ3n) is 3.84. The van der Waals surface area contributed by atoms with Gasteiger partial charge in [0.25, 0.3) is 5.91 Å². The molecule has 122 valence electrons. The molecule has 0 heterocycles. The molecule has 4 nitrogen and oxygen atoms in total. The second-order valence-electron chi connectivity index (χ2n) is 5.99. The molecule has 2 aromatic rings. The molecule has 0 aliphatic heterocycles. The van der Waals surface area contributed by atoms with Crippen molar-refractivity contribution in [3.8, 4) is 5.75 Å². The second-order valence-corrected chi connectivity index (χ2v) is 5.99. The Morgan fingerprint density at radius 2 is 1.91 bits per heavy atom. The molecular weight excluding hydrogens is 288 g/mol. The lowest BCUT2D eigenvalue weighted by Gasteiger charge is -2.16. The molecule has 1 unspecified atom stereocenters. The Labute approximate surface area is 138 Å². The fourth-order valence-electron chi connectivity index (χ4n) is 2.58. The van der Waals surface area contributed by atoms with Gasteiger partial charge in [-0.3, -0.25) is 4.79 Å². The maximum Gasteiger partial charge on any atom is 0.279 e. The molecule has 0 aliphatic carbocycles. The lowest BCUT2D eigenvalue weighted by atomic mass is 10.1. The first kappa shape index (κ1) is 17.0. The Hall–Kier alpha value is -2.33. The van der Waals surface area contributed by atoms with Crippen LogP contribution in [-0.4, -0.2) is 26.6 Å².